The fourth-order valence-electron chi connectivity index (χ4n) is 1.49. The first-order valence-corrected chi connectivity index (χ1v) is 6.19. The van der Waals surface area contributed by atoms with E-state index in [2.05, 4.69) is 18.8 Å². The van der Waals surface area contributed by atoms with Crippen LogP contribution in [-0.4, -0.2) is 16.2 Å². The lowest BCUT2D eigenvalue weighted by Gasteiger charge is -2.13. The van der Waals surface area contributed by atoms with Gasteiger partial charge in [-0.3, -0.25) is 0 Å². The van der Waals surface area contributed by atoms with Crippen LogP contribution in [0.4, 0.5) is 0 Å². The Morgan fingerprint density at radius 2 is 2.07 bits per heavy atom. The number of aryl methyl sites for hydroxylation is 1. The molecule has 1 rings (SSSR count). The van der Waals surface area contributed by atoms with Gasteiger partial charge in [-0.15, -0.1) is 0 Å². The minimum atomic E-state index is 0.153. The van der Waals surface area contributed by atoms with E-state index in [-0.39, 0.29) is 11.2 Å². The predicted octanol–water partition coefficient (Wildman–Crippen LogP) is 3.22. The molecule has 1 heterocycles. The molecule has 0 amide bonds. The minimum absolute atomic E-state index is 0.153. The van der Waals surface area contributed by atoms with Crippen LogP contribution in [0.2, 0.25) is 0 Å². The average Bonchev–Trinajstić information content (AvgIpc) is 2.44. The molecule has 86 valence electrons. The van der Waals surface area contributed by atoms with Gasteiger partial charge in [-0.25, -0.2) is 4.98 Å². The molecule has 3 nitrogen and oxygen atoms in total. The largest absolute Gasteiger partial charge is 0.498 e. The minimum Gasteiger partial charge on any atom is -0.498 e. The summed E-state index contributed by atoms with van der Waals surface area (Å²) in [6, 6.07) is 0. The zero-order valence-corrected chi connectivity index (χ0v) is 10.6. The summed E-state index contributed by atoms with van der Waals surface area (Å²) >= 11 is 1.22. The molecule has 0 aliphatic rings. The maximum atomic E-state index is 9.50. The molecule has 0 spiro atoms. The SMILES string of the molecule is CCc1nc(OC(C)CC(C)C)sc1O. The molecule has 1 N–H and O–H groups in total. The Balaban J connectivity index is 2.56. The Morgan fingerprint density at radius 1 is 1.40 bits per heavy atom. The lowest BCUT2D eigenvalue weighted by molar-refractivity contribution is 0.192. The molecule has 0 aliphatic carbocycles. The lowest BCUT2D eigenvalue weighted by Crippen LogP contribution is -2.14. The fourth-order valence-corrected chi connectivity index (χ4v) is 2.33. The first kappa shape index (κ1) is 12.3. The molecule has 15 heavy (non-hydrogen) atoms. The van der Waals surface area contributed by atoms with E-state index in [0.717, 1.165) is 18.5 Å². The van der Waals surface area contributed by atoms with E-state index in [1.165, 1.54) is 11.3 Å². The van der Waals surface area contributed by atoms with Gasteiger partial charge in [-0.05, 0) is 37.0 Å². The number of thiazole rings is 1. The maximum Gasteiger partial charge on any atom is 0.277 e. The summed E-state index contributed by atoms with van der Waals surface area (Å²) in [6.45, 7) is 8.33. The Bertz CT molecular complexity index is 310. The summed E-state index contributed by atoms with van der Waals surface area (Å²) in [5.74, 6) is 0.610. The van der Waals surface area contributed by atoms with Gasteiger partial charge < -0.3 is 9.84 Å². The van der Waals surface area contributed by atoms with Crippen molar-refractivity contribution in [1.82, 2.24) is 4.98 Å². The molecule has 1 unspecified atom stereocenters. The second-order valence-electron chi connectivity index (χ2n) is 4.14. The molecular weight excluding hydrogens is 210 g/mol. The Morgan fingerprint density at radius 3 is 2.53 bits per heavy atom. The van der Waals surface area contributed by atoms with Gasteiger partial charge in [-0.1, -0.05) is 20.8 Å². The van der Waals surface area contributed by atoms with E-state index < -0.39 is 0 Å². The summed E-state index contributed by atoms with van der Waals surface area (Å²) in [4.78, 5) is 4.22. The summed E-state index contributed by atoms with van der Waals surface area (Å²) < 4.78 is 5.64. The highest BCUT2D eigenvalue weighted by Gasteiger charge is 2.13. The van der Waals surface area contributed by atoms with Crippen molar-refractivity contribution in [2.45, 2.75) is 46.6 Å². The number of hydrogen-bond donors (Lipinski definition) is 1. The fraction of sp³-hybridized carbons (Fsp3) is 0.727. The number of rotatable bonds is 5. The van der Waals surface area contributed by atoms with Crippen molar-refractivity contribution in [2.75, 3.05) is 0 Å². The smallest absolute Gasteiger partial charge is 0.277 e. The normalized spacial score (nSPS) is 13.1. The molecule has 0 aromatic carbocycles. The standard InChI is InChI=1S/C11H19NO2S/c1-5-9-10(13)15-11(12-9)14-8(4)6-7(2)3/h7-8,13H,5-6H2,1-4H3. The maximum absolute atomic E-state index is 9.50. The number of aromatic nitrogens is 1. The van der Waals surface area contributed by atoms with Gasteiger partial charge in [0, 0.05) is 0 Å². The molecule has 0 aliphatic heterocycles. The Labute approximate surface area is 95.1 Å². The zero-order chi connectivity index (χ0) is 11.4. The van der Waals surface area contributed by atoms with Crippen LogP contribution < -0.4 is 4.74 Å². The topological polar surface area (TPSA) is 42.4 Å². The van der Waals surface area contributed by atoms with Crippen molar-refractivity contribution in [1.29, 1.82) is 0 Å². The molecule has 1 atom stereocenters. The van der Waals surface area contributed by atoms with E-state index >= 15 is 0 Å². The third kappa shape index (κ3) is 3.70. The van der Waals surface area contributed by atoms with Crippen LogP contribution in [0.1, 0.15) is 39.8 Å². The number of hydrogen-bond acceptors (Lipinski definition) is 4. The van der Waals surface area contributed by atoms with Gasteiger partial charge in [-0.2, -0.15) is 0 Å². The van der Waals surface area contributed by atoms with E-state index in [4.69, 9.17) is 4.74 Å². The van der Waals surface area contributed by atoms with Gasteiger partial charge in [0.1, 0.15) is 0 Å². The van der Waals surface area contributed by atoms with Crippen LogP contribution in [0.3, 0.4) is 0 Å². The van der Waals surface area contributed by atoms with Crippen molar-refractivity contribution >= 4 is 11.3 Å². The molecule has 0 saturated heterocycles. The summed E-state index contributed by atoms with van der Waals surface area (Å²) in [7, 11) is 0. The molecular formula is C11H19NO2S. The lowest BCUT2D eigenvalue weighted by atomic mass is 10.1. The summed E-state index contributed by atoms with van der Waals surface area (Å²) in [5, 5.41) is 10.4. The predicted molar refractivity (Wildman–Crippen MR) is 62.7 cm³/mol. The monoisotopic (exact) mass is 229 g/mol. The van der Waals surface area contributed by atoms with Crippen LogP contribution in [0.5, 0.6) is 10.3 Å². The highest BCUT2D eigenvalue weighted by Crippen LogP contribution is 2.32. The number of ether oxygens (including phenoxy) is 1. The first-order chi connectivity index (χ1) is 7.02. The van der Waals surface area contributed by atoms with Crippen molar-refractivity contribution in [3.63, 3.8) is 0 Å². The van der Waals surface area contributed by atoms with Crippen LogP contribution in [-0.2, 0) is 6.42 Å². The van der Waals surface area contributed by atoms with Crippen molar-refractivity contribution in [3.05, 3.63) is 5.69 Å². The van der Waals surface area contributed by atoms with Crippen molar-refractivity contribution in [3.8, 4) is 10.3 Å². The van der Waals surface area contributed by atoms with Gasteiger partial charge in [0.05, 0.1) is 11.8 Å². The molecule has 1 aromatic heterocycles. The zero-order valence-electron chi connectivity index (χ0n) is 9.78. The first-order valence-electron chi connectivity index (χ1n) is 5.38. The summed E-state index contributed by atoms with van der Waals surface area (Å²) in [6.07, 6.45) is 1.90. The van der Waals surface area contributed by atoms with E-state index in [0.29, 0.717) is 11.1 Å². The van der Waals surface area contributed by atoms with Crippen LogP contribution in [0.15, 0.2) is 0 Å². The molecule has 0 fully saturated rings. The van der Waals surface area contributed by atoms with E-state index in [9.17, 15) is 5.11 Å². The van der Waals surface area contributed by atoms with Gasteiger partial charge in [0.15, 0.2) is 5.06 Å². The summed E-state index contributed by atoms with van der Waals surface area (Å²) in [5.41, 5.74) is 0.728. The number of nitrogens with zero attached hydrogens (tertiary/aromatic N) is 1. The second kappa shape index (κ2) is 5.35. The Hall–Kier alpha value is -0.770. The van der Waals surface area contributed by atoms with Crippen LogP contribution >= 0.6 is 11.3 Å². The quantitative estimate of drug-likeness (QED) is 0.843. The molecule has 0 radical (unpaired) electrons. The third-order valence-electron chi connectivity index (χ3n) is 2.10. The van der Waals surface area contributed by atoms with Crippen molar-refractivity contribution in [2.24, 2.45) is 5.92 Å². The second-order valence-corrected chi connectivity index (χ2v) is 5.08. The third-order valence-corrected chi connectivity index (χ3v) is 2.89. The average molecular weight is 229 g/mol. The van der Waals surface area contributed by atoms with Gasteiger partial charge >= 0.3 is 0 Å². The molecule has 0 bridgehead atoms. The van der Waals surface area contributed by atoms with Crippen LogP contribution in [0.25, 0.3) is 0 Å². The van der Waals surface area contributed by atoms with Crippen molar-refractivity contribution < 1.29 is 9.84 Å². The molecule has 0 saturated carbocycles. The number of aromatic hydroxyl groups is 1. The van der Waals surface area contributed by atoms with E-state index in [1.54, 1.807) is 0 Å². The van der Waals surface area contributed by atoms with Gasteiger partial charge in [0.2, 0.25) is 0 Å². The van der Waals surface area contributed by atoms with Gasteiger partial charge in [0.25, 0.3) is 5.19 Å². The molecule has 1 aromatic rings. The van der Waals surface area contributed by atoms with E-state index in [1.807, 2.05) is 13.8 Å². The Kier molecular flexibility index (Phi) is 4.39. The molecule has 4 heteroatoms. The highest BCUT2D eigenvalue weighted by atomic mass is 32.1. The van der Waals surface area contributed by atoms with Crippen LogP contribution in [0, 0.1) is 5.92 Å². The highest BCUT2D eigenvalue weighted by molar-refractivity contribution is 7.15.